The smallest absolute Gasteiger partial charge is 0.267 e. The second kappa shape index (κ2) is 7.01. The Balaban J connectivity index is 2.36. The normalized spacial score (nSPS) is 11.1. The van der Waals surface area contributed by atoms with E-state index in [-0.39, 0.29) is 11.1 Å². The lowest BCUT2D eigenvalue weighted by Gasteiger charge is -2.41. The van der Waals surface area contributed by atoms with Gasteiger partial charge < -0.3 is 0 Å². The first kappa shape index (κ1) is 18.6. The number of hydrogen-bond acceptors (Lipinski definition) is 2. The summed E-state index contributed by atoms with van der Waals surface area (Å²) < 4.78 is 26.2. The molecule has 0 aliphatic carbocycles. The highest BCUT2D eigenvalue weighted by Crippen LogP contribution is 2.21. The van der Waals surface area contributed by atoms with E-state index in [2.05, 4.69) is 0 Å². The van der Waals surface area contributed by atoms with Crippen LogP contribution in [0, 0.1) is 11.6 Å². The van der Waals surface area contributed by atoms with E-state index in [1.54, 1.807) is 20.8 Å². The van der Waals surface area contributed by atoms with Gasteiger partial charge in [-0.2, -0.15) is 0 Å². The summed E-state index contributed by atoms with van der Waals surface area (Å²) in [6.45, 7) is 5.34. The molecule has 0 aliphatic heterocycles. The molecule has 2 aromatic rings. The van der Waals surface area contributed by atoms with Crippen LogP contribution in [0.25, 0.3) is 0 Å². The van der Waals surface area contributed by atoms with Crippen LogP contribution < -0.4 is 0 Å². The van der Waals surface area contributed by atoms with Crippen molar-refractivity contribution in [2.24, 2.45) is 0 Å². The lowest BCUT2D eigenvalue weighted by Crippen LogP contribution is -2.56. The maximum absolute atomic E-state index is 13.1. The first-order chi connectivity index (χ1) is 11.6. The van der Waals surface area contributed by atoms with Crippen molar-refractivity contribution in [2.45, 2.75) is 26.3 Å². The van der Waals surface area contributed by atoms with Crippen molar-refractivity contribution in [2.75, 3.05) is 7.05 Å². The van der Waals surface area contributed by atoms with Crippen LogP contribution in [0.1, 0.15) is 41.5 Å². The molecule has 0 heterocycles. The third-order valence-corrected chi connectivity index (χ3v) is 3.60. The van der Waals surface area contributed by atoms with Gasteiger partial charge >= 0.3 is 0 Å². The van der Waals surface area contributed by atoms with Crippen LogP contribution in [0.15, 0.2) is 48.5 Å². The molecule has 2 aromatic carbocycles. The highest BCUT2D eigenvalue weighted by molar-refractivity contribution is 5.99. The second-order valence-electron chi connectivity index (χ2n) is 6.63. The molecule has 0 unspecified atom stereocenters. The Bertz CT molecular complexity index is 766. The molecule has 0 atom stereocenters. The third kappa shape index (κ3) is 4.21. The molecule has 0 aliphatic rings. The summed E-state index contributed by atoms with van der Waals surface area (Å²) in [6, 6.07) is 10.2. The zero-order valence-electron chi connectivity index (χ0n) is 14.6. The number of hydrogen-bond donors (Lipinski definition) is 0. The Hall–Kier alpha value is -2.76. The van der Waals surface area contributed by atoms with Crippen LogP contribution >= 0.6 is 0 Å². The van der Waals surface area contributed by atoms with Crippen LogP contribution in [0.3, 0.4) is 0 Å². The molecule has 132 valence electrons. The fourth-order valence-electron chi connectivity index (χ4n) is 2.48. The van der Waals surface area contributed by atoms with Crippen LogP contribution in [0.2, 0.25) is 0 Å². The standard InChI is InChI=1S/C19H20F2N2O2/c1-19(2,3)23(18(25)14-7-11-16(21)12-8-14)22(4)17(24)13-5-9-15(20)10-6-13/h5-12H,1-4H3. The first-order valence-electron chi connectivity index (χ1n) is 7.75. The topological polar surface area (TPSA) is 40.6 Å². The quantitative estimate of drug-likeness (QED) is 0.774. The number of amides is 2. The highest BCUT2D eigenvalue weighted by atomic mass is 19.1. The minimum absolute atomic E-state index is 0.255. The van der Waals surface area contributed by atoms with Gasteiger partial charge in [-0.15, -0.1) is 0 Å². The third-order valence-electron chi connectivity index (χ3n) is 3.60. The van der Waals surface area contributed by atoms with Crippen LogP contribution in [0.4, 0.5) is 8.78 Å². The Morgan fingerprint density at radius 2 is 1.12 bits per heavy atom. The zero-order valence-corrected chi connectivity index (χ0v) is 14.6. The zero-order chi connectivity index (χ0) is 18.8. The molecular weight excluding hydrogens is 326 g/mol. The number of halogens is 2. The van der Waals surface area contributed by atoms with Crippen molar-refractivity contribution in [3.63, 3.8) is 0 Å². The van der Waals surface area contributed by atoms with E-state index in [0.717, 1.165) is 0 Å². The van der Waals surface area contributed by atoms with Gasteiger partial charge in [-0.25, -0.2) is 18.8 Å². The van der Waals surface area contributed by atoms with Gasteiger partial charge in [-0.05, 0) is 69.3 Å². The average Bonchev–Trinajstić information content (AvgIpc) is 2.54. The predicted octanol–water partition coefficient (Wildman–Crippen LogP) is 3.89. The predicted molar refractivity (Wildman–Crippen MR) is 90.8 cm³/mol. The van der Waals surface area contributed by atoms with Crippen LogP contribution in [-0.2, 0) is 0 Å². The summed E-state index contributed by atoms with van der Waals surface area (Å²) in [4.78, 5) is 25.6. The summed E-state index contributed by atoms with van der Waals surface area (Å²) in [5.74, 6) is -1.79. The average molecular weight is 346 g/mol. The molecule has 2 rings (SSSR count). The summed E-state index contributed by atoms with van der Waals surface area (Å²) in [5.41, 5.74) is -0.198. The Labute approximate surface area is 145 Å². The Morgan fingerprint density at radius 3 is 1.48 bits per heavy atom. The van der Waals surface area contributed by atoms with E-state index in [0.29, 0.717) is 0 Å². The summed E-state index contributed by atoms with van der Waals surface area (Å²) in [7, 11) is 1.47. The monoisotopic (exact) mass is 346 g/mol. The molecule has 0 bridgehead atoms. The molecule has 0 saturated carbocycles. The molecule has 25 heavy (non-hydrogen) atoms. The van der Waals surface area contributed by atoms with Gasteiger partial charge in [0.15, 0.2) is 0 Å². The molecule has 6 heteroatoms. The number of hydrazine groups is 1. The summed E-state index contributed by atoms with van der Waals surface area (Å²) >= 11 is 0. The maximum Gasteiger partial charge on any atom is 0.272 e. The lowest BCUT2D eigenvalue weighted by atomic mass is 10.1. The van der Waals surface area contributed by atoms with E-state index in [1.807, 2.05) is 0 Å². The van der Waals surface area contributed by atoms with E-state index >= 15 is 0 Å². The van der Waals surface area contributed by atoms with E-state index < -0.39 is 29.0 Å². The molecule has 0 N–H and O–H groups in total. The minimum Gasteiger partial charge on any atom is -0.267 e. The minimum atomic E-state index is -0.712. The molecule has 0 aromatic heterocycles. The largest absolute Gasteiger partial charge is 0.272 e. The number of carbonyl (C=O) groups excluding carboxylic acids is 2. The van der Waals surface area contributed by atoms with Gasteiger partial charge in [-0.1, -0.05) is 0 Å². The van der Waals surface area contributed by atoms with E-state index in [1.165, 1.54) is 65.6 Å². The first-order valence-corrected chi connectivity index (χ1v) is 7.75. The SMILES string of the molecule is CN(C(=O)c1ccc(F)cc1)N(C(=O)c1ccc(F)cc1)C(C)(C)C. The van der Waals surface area contributed by atoms with Crippen LogP contribution in [-0.4, -0.2) is 34.4 Å². The van der Waals surface area contributed by atoms with Crippen molar-refractivity contribution < 1.29 is 18.4 Å². The van der Waals surface area contributed by atoms with Crippen molar-refractivity contribution in [1.29, 1.82) is 0 Å². The summed E-state index contributed by atoms with van der Waals surface area (Å²) in [6.07, 6.45) is 0. The van der Waals surface area contributed by atoms with Gasteiger partial charge in [-0.3, -0.25) is 9.59 Å². The van der Waals surface area contributed by atoms with Crippen molar-refractivity contribution in [3.8, 4) is 0 Å². The fourth-order valence-corrected chi connectivity index (χ4v) is 2.48. The Morgan fingerprint density at radius 1 is 0.760 bits per heavy atom. The fraction of sp³-hybridized carbons (Fsp3) is 0.263. The number of rotatable bonds is 2. The van der Waals surface area contributed by atoms with Crippen molar-refractivity contribution >= 4 is 11.8 Å². The van der Waals surface area contributed by atoms with Crippen LogP contribution in [0.5, 0.6) is 0 Å². The molecule has 0 saturated heterocycles. The molecule has 0 radical (unpaired) electrons. The molecule has 4 nitrogen and oxygen atoms in total. The maximum atomic E-state index is 13.1. The van der Waals surface area contributed by atoms with Crippen molar-refractivity contribution in [3.05, 3.63) is 71.3 Å². The number of benzene rings is 2. The Kier molecular flexibility index (Phi) is 5.21. The second-order valence-corrected chi connectivity index (χ2v) is 6.63. The number of carbonyl (C=O) groups is 2. The highest BCUT2D eigenvalue weighted by Gasteiger charge is 2.33. The van der Waals surface area contributed by atoms with Gasteiger partial charge in [0.2, 0.25) is 0 Å². The van der Waals surface area contributed by atoms with E-state index in [4.69, 9.17) is 0 Å². The molecule has 0 fully saturated rings. The molecule has 0 spiro atoms. The van der Waals surface area contributed by atoms with Gasteiger partial charge in [0.1, 0.15) is 11.6 Å². The molecular formula is C19H20F2N2O2. The van der Waals surface area contributed by atoms with Crippen molar-refractivity contribution in [1.82, 2.24) is 10.0 Å². The molecule has 2 amide bonds. The summed E-state index contributed by atoms with van der Waals surface area (Å²) in [5, 5.41) is 2.49. The van der Waals surface area contributed by atoms with Gasteiger partial charge in [0, 0.05) is 18.2 Å². The lowest BCUT2D eigenvalue weighted by molar-refractivity contribution is -0.0308. The van der Waals surface area contributed by atoms with Gasteiger partial charge in [0.25, 0.3) is 11.8 Å². The van der Waals surface area contributed by atoms with E-state index in [9.17, 15) is 18.4 Å². The number of nitrogens with zero attached hydrogens (tertiary/aromatic N) is 2. The van der Waals surface area contributed by atoms with Gasteiger partial charge in [0.05, 0.1) is 5.54 Å².